The Bertz CT molecular complexity index is 462. The van der Waals surface area contributed by atoms with Crippen molar-refractivity contribution in [3.05, 3.63) is 59.9 Å². The highest BCUT2D eigenvalue weighted by molar-refractivity contribution is 5.92. The van der Waals surface area contributed by atoms with Crippen molar-refractivity contribution in [2.24, 2.45) is 0 Å². The zero-order valence-electron chi connectivity index (χ0n) is 9.89. The second kappa shape index (κ2) is 5.34. The highest BCUT2D eigenvalue weighted by Gasteiger charge is 2.14. The van der Waals surface area contributed by atoms with Gasteiger partial charge in [-0.05, 0) is 24.6 Å². The highest BCUT2D eigenvalue weighted by atomic mass is 16.2. The molecule has 0 atom stereocenters. The Hall–Kier alpha value is -2.03. The number of hydrogen-bond donors (Lipinski definition) is 1. The van der Waals surface area contributed by atoms with Crippen molar-refractivity contribution in [1.29, 1.82) is 0 Å². The summed E-state index contributed by atoms with van der Waals surface area (Å²) in [7, 11) is 0. The fourth-order valence-corrected chi connectivity index (χ4v) is 1.76. The summed E-state index contributed by atoms with van der Waals surface area (Å²) in [5.41, 5.74) is 1.79. The van der Waals surface area contributed by atoms with Crippen LogP contribution in [0.1, 0.15) is 23.0 Å². The minimum atomic E-state index is 0.0429. The van der Waals surface area contributed by atoms with Crippen molar-refractivity contribution in [1.82, 2.24) is 9.88 Å². The standard InChI is InChI=1S/C14H16N2O/c1-2-16(11-12-7-4-3-5-8-12)14(17)13-9-6-10-15-13/h3-10,15H,2,11H2,1H3. The van der Waals surface area contributed by atoms with Gasteiger partial charge in [0.1, 0.15) is 5.69 Å². The summed E-state index contributed by atoms with van der Waals surface area (Å²) in [6, 6.07) is 13.7. The molecular weight excluding hydrogens is 212 g/mol. The van der Waals surface area contributed by atoms with Crippen molar-refractivity contribution < 1.29 is 4.79 Å². The molecule has 2 aromatic rings. The van der Waals surface area contributed by atoms with Gasteiger partial charge in [-0.2, -0.15) is 0 Å². The molecule has 3 heteroatoms. The van der Waals surface area contributed by atoms with Gasteiger partial charge in [0, 0.05) is 19.3 Å². The Kier molecular flexibility index (Phi) is 3.60. The number of benzene rings is 1. The molecule has 1 heterocycles. The molecule has 0 unspecified atom stereocenters. The molecule has 0 saturated carbocycles. The summed E-state index contributed by atoms with van der Waals surface area (Å²) in [5.74, 6) is 0.0429. The van der Waals surface area contributed by atoms with Crippen LogP contribution in [-0.4, -0.2) is 22.3 Å². The van der Waals surface area contributed by atoms with E-state index in [0.717, 1.165) is 5.56 Å². The molecule has 0 saturated heterocycles. The average molecular weight is 228 g/mol. The predicted octanol–water partition coefficient (Wildman–Crippen LogP) is 2.68. The van der Waals surface area contributed by atoms with Crippen LogP contribution in [0.4, 0.5) is 0 Å². The van der Waals surface area contributed by atoms with Gasteiger partial charge in [0.25, 0.3) is 5.91 Å². The molecule has 1 aromatic heterocycles. The third kappa shape index (κ3) is 2.75. The number of H-pyrrole nitrogens is 1. The van der Waals surface area contributed by atoms with E-state index in [9.17, 15) is 4.79 Å². The van der Waals surface area contributed by atoms with Gasteiger partial charge in [0.05, 0.1) is 0 Å². The number of nitrogens with zero attached hydrogens (tertiary/aromatic N) is 1. The molecule has 2 rings (SSSR count). The van der Waals surface area contributed by atoms with Crippen LogP contribution in [0.15, 0.2) is 48.7 Å². The first kappa shape index (κ1) is 11.5. The van der Waals surface area contributed by atoms with E-state index in [4.69, 9.17) is 0 Å². The quantitative estimate of drug-likeness (QED) is 0.858. The smallest absolute Gasteiger partial charge is 0.270 e. The predicted molar refractivity (Wildman–Crippen MR) is 67.6 cm³/mol. The van der Waals surface area contributed by atoms with Crippen molar-refractivity contribution in [2.75, 3.05) is 6.54 Å². The van der Waals surface area contributed by atoms with E-state index >= 15 is 0 Å². The van der Waals surface area contributed by atoms with Gasteiger partial charge in [-0.15, -0.1) is 0 Å². The lowest BCUT2D eigenvalue weighted by Crippen LogP contribution is -2.30. The van der Waals surface area contributed by atoms with Crippen molar-refractivity contribution in [3.8, 4) is 0 Å². The van der Waals surface area contributed by atoms with Crippen LogP contribution in [0, 0.1) is 0 Å². The summed E-state index contributed by atoms with van der Waals surface area (Å²) >= 11 is 0. The zero-order chi connectivity index (χ0) is 12.1. The van der Waals surface area contributed by atoms with E-state index in [1.165, 1.54) is 0 Å². The first-order chi connectivity index (χ1) is 8.31. The first-order valence-corrected chi connectivity index (χ1v) is 5.78. The average Bonchev–Trinajstić information content (AvgIpc) is 2.90. The van der Waals surface area contributed by atoms with Crippen LogP contribution in [-0.2, 0) is 6.54 Å². The van der Waals surface area contributed by atoms with Crippen LogP contribution >= 0.6 is 0 Å². The van der Waals surface area contributed by atoms with Gasteiger partial charge in [-0.3, -0.25) is 4.79 Å². The maximum Gasteiger partial charge on any atom is 0.270 e. The van der Waals surface area contributed by atoms with Crippen molar-refractivity contribution >= 4 is 5.91 Å². The van der Waals surface area contributed by atoms with Crippen LogP contribution in [0.25, 0.3) is 0 Å². The number of carbonyl (C=O) groups is 1. The van der Waals surface area contributed by atoms with E-state index in [1.807, 2.05) is 48.2 Å². The van der Waals surface area contributed by atoms with Crippen LogP contribution < -0.4 is 0 Å². The van der Waals surface area contributed by atoms with Crippen molar-refractivity contribution in [2.45, 2.75) is 13.5 Å². The second-order valence-electron chi connectivity index (χ2n) is 3.89. The third-order valence-corrected chi connectivity index (χ3v) is 2.71. The number of aromatic amines is 1. The lowest BCUT2D eigenvalue weighted by molar-refractivity contribution is 0.0747. The van der Waals surface area contributed by atoms with E-state index in [0.29, 0.717) is 18.8 Å². The maximum atomic E-state index is 12.1. The molecule has 1 N–H and O–H groups in total. The second-order valence-corrected chi connectivity index (χ2v) is 3.89. The van der Waals surface area contributed by atoms with E-state index in [2.05, 4.69) is 4.98 Å². The van der Waals surface area contributed by atoms with Gasteiger partial charge in [0.2, 0.25) is 0 Å². The molecule has 0 radical (unpaired) electrons. The number of aromatic nitrogens is 1. The summed E-state index contributed by atoms with van der Waals surface area (Å²) in [6.45, 7) is 3.34. The Morgan fingerprint density at radius 2 is 1.94 bits per heavy atom. The Morgan fingerprint density at radius 1 is 1.18 bits per heavy atom. The summed E-state index contributed by atoms with van der Waals surface area (Å²) in [5, 5.41) is 0. The number of hydrogen-bond acceptors (Lipinski definition) is 1. The summed E-state index contributed by atoms with van der Waals surface area (Å²) in [4.78, 5) is 16.9. The van der Waals surface area contributed by atoms with Gasteiger partial charge in [0.15, 0.2) is 0 Å². The molecule has 1 aromatic carbocycles. The van der Waals surface area contributed by atoms with E-state index in [1.54, 1.807) is 12.3 Å². The monoisotopic (exact) mass is 228 g/mol. The van der Waals surface area contributed by atoms with Crippen LogP contribution in [0.3, 0.4) is 0 Å². The molecule has 0 fully saturated rings. The molecule has 0 aliphatic carbocycles. The maximum absolute atomic E-state index is 12.1. The Labute approximate surface area is 101 Å². The SMILES string of the molecule is CCN(Cc1ccccc1)C(=O)c1ccc[nH]1. The largest absolute Gasteiger partial charge is 0.357 e. The minimum Gasteiger partial charge on any atom is -0.357 e. The van der Waals surface area contributed by atoms with Crippen LogP contribution in [0.2, 0.25) is 0 Å². The summed E-state index contributed by atoms with van der Waals surface area (Å²) < 4.78 is 0. The Morgan fingerprint density at radius 3 is 2.53 bits per heavy atom. The van der Waals surface area contributed by atoms with E-state index < -0.39 is 0 Å². The Balaban J connectivity index is 2.10. The van der Waals surface area contributed by atoms with Crippen LogP contribution in [0.5, 0.6) is 0 Å². The number of amides is 1. The fourth-order valence-electron chi connectivity index (χ4n) is 1.76. The lowest BCUT2D eigenvalue weighted by Gasteiger charge is -2.20. The summed E-state index contributed by atoms with van der Waals surface area (Å²) in [6.07, 6.45) is 1.77. The van der Waals surface area contributed by atoms with Gasteiger partial charge in [-0.25, -0.2) is 0 Å². The van der Waals surface area contributed by atoms with E-state index in [-0.39, 0.29) is 5.91 Å². The molecule has 0 aliphatic heterocycles. The molecule has 3 nitrogen and oxygen atoms in total. The zero-order valence-corrected chi connectivity index (χ0v) is 9.89. The topological polar surface area (TPSA) is 36.1 Å². The lowest BCUT2D eigenvalue weighted by atomic mass is 10.2. The normalized spacial score (nSPS) is 10.2. The highest BCUT2D eigenvalue weighted by Crippen LogP contribution is 2.08. The molecule has 1 amide bonds. The van der Waals surface area contributed by atoms with Gasteiger partial charge >= 0.3 is 0 Å². The fraction of sp³-hybridized carbons (Fsp3) is 0.214. The number of nitrogens with one attached hydrogen (secondary N) is 1. The molecular formula is C14H16N2O. The van der Waals surface area contributed by atoms with Crippen molar-refractivity contribution in [3.63, 3.8) is 0 Å². The molecule has 0 aliphatic rings. The molecule has 0 bridgehead atoms. The minimum absolute atomic E-state index is 0.0429. The first-order valence-electron chi connectivity index (χ1n) is 5.78. The number of rotatable bonds is 4. The molecule has 17 heavy (non-hydrogen) atoms. The molecule has 88 valence electrons. The van der Waals surface area contributed by atoms with Gasteiger partial charge < -0.3 is 9.88 Å². The molecule has 0 spiro atoms. The third-order valence-electron chi connectivity index (χ3n) is 2.71. The van der Waals surface area contributed by atoms with Gasteiger partial charge in [-0.1, -0.05) is 30.3 Å². The number of carbonyl (C=O) groups excluding carboxylic acids is 1.